The monoisotopic (exact) mass is 1950 g/mol. The van der Waals surface area contributed by atoms with Crippen molar-refractivity contribution >= 4 is 146 Å². The summed E-state index contributed by atoms with van der Waals surface area (Å²) in [6.07, 6.45) is 14.8. The fourth-order valence-corrected chi connectivity index (χ4v) is 21.5. The second kappa shape index (κ2) is 46.2. The maximum Gasteiger partial charge on any atom is 0.683 e. The van der Waals surface area contributed by atoms with Crippen LogP contribution in [0.5, 0.6) is 0 Å². The predicted octanol–water partition coefficient (Wildman–Crippen LogP) is 21.8. The number of carboxylic acids is 1. The first kappa shape index (κ1) is 102. The van der Waals surface area contributed by atoms with Gasteiger partial charge >= 0.3 is 23.5 Å². The molecule has 5 fully saturated rings. The third-order valence-corrected chi connectivity index (χ3v) is 29.4. The third kappa shape index (κ3) is 23.1. The highest BCUT2D eigenvalue weighted by atomic mass is 35.5. The summed E-state index contributed by atoms with van der Waals surface area (Å²) in [6.45, 7) is 25.2. The van der Waals surface area contributed by atoms with E-state index in [1.54, 1.807) is 23.7 Å². The van der Waals surface area contributed by atoms with E-state index in [-0.39, 0.29) is 29.7 Å². The first-order valence-corrected chi connectivity index (χ1v) is 50.1. The number of morpholine rings is 3. The molecule has 8 heterocycles. The van der Waals surface area contributed by atoms with E-state index in [0.717, 1.165) is 143 Å². The average molecular weight is 1950 g/mol. The van der Waals surface area contributed by atoms with Gasteiger partial charge in [-0.25, -0.2) is 9.59 Å². The standard InChI is InChI=1S/C40H44N4O6.C36H41ClN4O5.C33H35N5O6S/c1-40(2,43-20-22-49-23-21-43)39(48)28-12-16-31(17-13-28)44-35-18-14-29(27-8-4-3-5-9-27)24-32(35)33-25-30(15-19-36(33)44)34(42-50-38(47)26-41)10-6-7-11-37(45)46;1-4-41-31-10-9-24(30(39-46-35(37)44)22-25-7-5-6-8-32(25)42)19-28(31)29-21-26(20-27(33(29)41)23-11-13-38-14-12-23)34(43)36(2,3)40-15-17-45-18-16-40;1-4-37-28-12-11-22(27(9-6-5-7-13-34)35-44-32(40)38(41)42)19-24(28)25-20-23(21-26(30(25)37)29-10-8-18-45-29)31(39)33(2,3)36-14-16-43-17-15-36/h12-19,24-25,27H,3-11,20-23H2,1-2H3,(H,45,46);9-14,19-21,25,32,42H,4-8,15-18,22H2,1-3H3;8,10-12,18-21H,4-7,9,14-17H2,1-3H3/b42-34+;39-30+;35-27+. The van der Waals surface area contributed by atoms with Crippen LogP contribution >= 0.6 is 22.9 Å². The van der Waals surface area contributed by atoms with E-state index < -0.39 is 51.1 Å². The highest BCUT2D eigenvalue weighted by Gasteiger charge is 2.41. The maximum absolute atomic E-state index is 14.4. The molecule has 3 saturated heterocycles. The summed E-state index contributed by atoms with van der Waals surface area (Å²) >= 11 is 7.14. The number of aromatic nitrogens is 4. The predicted molar refractivity (Wildman–Crippen MR) is 546 cm³/mol. The van der Waals surface area contributed by atoms with Crippen molar-refractivity contribution in [3.63, 3.8) is 0 Å². The summed E-state index contributed by atoms with van der Waals surface area (Å²) in [5, 5.41) is 68.5. The van der Waals surface area contributed by atoms with E-state index >= 15 is 0 Å². The summed E-state index contributed by atoms with van der Waals surface area (Å²) in [6, 6.07) is 51.9. The number of aliphatic hydroxyl groups excluding tert-OH is 1. The Morgan fingerprint density at radius 3 is 1.48 bits per heavy atom. The number of Topliss-reactive ketones (excluding diaryl/α,β-unsaturated/α-hetero) is 3. The van der Waals surface area contributed by atoms with Crippen molar-refractivity contribution < 1.29 is 77.4 Å². The molecule has 5 aromatic heterocycles. The molecule has 7 aromatic carbocycles. The number of amides is 1. The fraction of sp³-hybridized carbons (Fsp3) is 0.422. The zero-order valence-electron chi connectivity index (χ0n) is 81.1. The Hall–Kier alpha value is -12.9. The molecule has 32 heteroatoms. The van der Waals surface area contributed by atoms with Gasteiger partial charge in [0.25, 0.3) is 0 Å². The van der Waals surface area contributed by atoms with Crippen molar-refractivity contribution in [2.24, 2.45) is 21.4 Å². The second-order valence-electron chi connectivity index (χ2n) is 38.0. The second-order valence-corrected chi connectivity index (χ2v) is 39.3. The Kier molecular flexibility index (Phi) is 33.6. The minimum atomic E-state index is -1.67. The number of fused-ring (bicyclic) bond motifs is 9. The summed E-state index contributed by atoms with van der Waals surface area (Å²) in [7, 11) is 0. The largest absolute Gasteiger partial charge is 0.683 e. The van der Waals surface area contributed by atoms with Crippen LogP contribution in [-0.2, 0) is 51.4 Å². The first-order chi connectivity index (χ1) is 68.0. The van der Waals surface area contributed by atoms with Crippen molar-refractivity contribution in [3.05, 3.63) is 212 Å². The topological polar surface area (TPSA) is 381 Å². The van der Waals surface area contributed by atoms with Gasteiger partial charge in [-0.3, -0.25) is 53.8 Å². The quantitative estimate of drug-likeness (QED) is 0.00578. The minimum Gasteiger partial charge on any atom is -0.481 e. The van der Waals surface area contributed by atoms with Crippen LogP contribution < -0.4 is 0 Å². The fourth-order valence-electron chi connectivity index (χ4n) is 20.7. The number of hydrogen-bond donors (Lipinski definition) is 2. The number of aryl methyl sites for hydroxylation is 2. The SMILES string of the molecule is CC(C)(C(=O)c1ccc(-n2c3ccc(/C(CCCCC(=O)O)=N/OC(=O)C#N)cc3c3cc(C4CCCCC4)ccc32)cc1)N1CCOCC1.CCn1c2ccc(/C(CC3CCCCC3O)=N/OC(=O)Cl)cc2c2cc(C(=O)C(C)(C)N3CCOCC3)cc(-c3ccncc3)c21.CCn1c2ccc(/C(CCCCC#N)=N/OC(=O)[N+](=O)[O-])cc2c2cc(C(=O)C(C)(C)N3CCOCC3)cc(-c3cccs3)c21. The number of unbranched alkanes of at least 4 members (excludes halogenated alkanes) is 3. The number of pyridine rings is 1. The van der Waals surface area contributed by atoms with Crippen LogP contribution in [0.2, 0.25) is 0 Å². The molecule has 0 radical (unpaired) electrons. The number of rotatable bonds is 32. The molecular formula is C109H120ClN13O17S. The summed E-state index contributed by atoms with van der Waals surface area (Å²) in [4.78, 5) is 124. The van der Waals surface area contributed by atoms with Crippen LogP contribution in [0.25, 0.3) is 92.7 Å². The molecule has 141 heavy (non-hydrogen) atoms. The zero-order chi connectivity index (χ0) is 99.8. The van der Waals surface area contributed by atoms with Gasteiger partial charge in [-0.1, -0.05) is 77.9 Å². The first-order valence-electron chi connectivity index (χ1n) is 48.8. The van der Waals surface area contributed by atoms with Gasteiger partial charge in [0.1, 0.15) is 4.92 Å². The Bertz CT molecular complexity index is 6840. The number of nitrogens with zero attached hydrogens (tertiary/aromatic N) is 13. The number of oxime groups is 3. The number of ether oxygens (including phenoxy) is 3. The van der Waals surface area contributed by atoms with Gasteiger partial charge in [0.15, 0.2) is 23.4 Å². The third-order valence-electron chi connectivity index (χ3n) is 28.4. The number of halogens is 1. The Balaban J connectivity index is 0.000000160. The molecule has 2 unspecified atom stereocenters. The number of aliphatic hydroxyl groups is 1. The van der Waals surface area contributed by atoms with Gasteiger partial charge in [0.05, 0.1) is 108 Å². The van der Waals surface area contributed by atoms with E-state index in [0.29, 0.717) is 176 Å². The number of ketones is 3. The number of carbonyl (C=O) groups excluding carboxylic acids is 6. The average Bonchev–Trinajstić information content (AvgIpc) is 1.58. The van der Waals surface area contributed by atoms with Crippen molar-refractivity contribution in [1.82, 2.24) is 33.4 Å². The van der Waals surface area contributed by atoms with Gasteiger partial charge in [0.2, 0.25) is 0 Å². The van der Waals surface area contributed by atoms with Crippen LogP contribution in [0.3, 0.4) is 0 Å². The van der Waals surface area contributed by atoms with Crippen LogP contribution in [0.15, 0.2) is 179 Å². The van der Waals surface area contributed by atoms with Crippen molar-refractivity contribution in [1.29, 1.82) is 10.5 Å². The molecule has 2 N–H and O–H groups in total. The highest BCUT2D eigenvalue weighted by molar-refractivity contribution is 7.13. The van der Waals surface area contributed by atoms with Gasteiger partial charge in [0, 0.05) is 188 Å². The van der Waals surface area contributed by atoms with Crippen molar-refractivity contribution in [3.8, 4) is 39.4 Å². The number of carbonyl (C=O) groups is 7. The molecule has 12 aromatic rings. The molecule has 2 saturated carbocycles. The lowest BCUT2D eigenvalue weighted by Crippen LogP contribution is -2.54. The minimum absolute atomic E-state index is 0.000792. The Labute approximate surface area is 827 Å². The number of aliphatic carboxylic acids is 1. The molecule has 17 rings (SSSR count). The Morgan fingerprint density at radius 2 is 0.979 bits per heavy atom. The number of carboxylic acid groups (broad SMARTS) is 1. The van der Waals surface area contributed by atoms with Crippen LogP contribution in [0, 0.1) is 38.7 Å². The van der Waals surface area contributed by atoms with Crippen LogP contribution in [0.4, 0.5) is 9.59 Å². The van der Waals surface area contributed by atoms with Crippen molar-refractivity contribution in [2.45, 2.75) is 213 Å². The zero-order valence-corrected chi connectivity index (χ0v) is 82.6. The van der Waals surface area contributed by atoms with Gasteiger partial charge in [-0.2, -0.15) is 15.3 Å². The lowest BCUT2D eigenvalue weighted by Gasteiger charge is -2.39. The molecule has 0 spiro atoms. The molecule has 5 aliphatic rings. The maximum atomic E-state index is 14.4. The number of nitro groups is 1. The number of thiophene rings is 1. The molecular weight excluding hydrogens is 1830 g/mol. The molecule has 2 atom stereocenters. The number of nitriles is 2. The summed E-state index contributed by atoms with van der Waals surface area (Å²) in [5.41, 5.74) is 13.4. The van der Waals surface area contributed by atoms with Crippen molar-refractivity contribution in [2.75, 3.05) is 78.9 Å². The molecule has 2 aliphatic carbocycles. The van der Waals surface area contributed by atoms with E-state index in [2.05, 4.69) is 110 Å². The molecule has 30 nitrogen and oxygen atoms in total. The van der Waals surface area contributed by atoms with E-state index in [1.807, 2.05) is 156 Å². The molecule has 736 valence electrons. The molecule has 3 aliphatic heterocycles. The summed E-state index contributed by atoms with van der Waals surface area (Å²) < 4.78 is 23.3. The lowest BCUT2D eigenvalue weighted by molar-refractivity contribution is -0.396. The van der Waals surface area contributed by atoms with E-state index in [9.17, 15) is 48.8 Å². The highest BCUT2D eigenvalue weighted by Crippen LogP contribution is 2.45. The Morgan fingerprint density at radius 1 is 0.525 bits per heavy atom. The normalized spacial score (nSPS) is 16.9. The molecule has 1 amide bonds. The molecule has 0 bridgehead atoms. The van der Waals surface area contributed by atoms with E-state index in [1.165, 1.54) is 43.7 Å². The van der Waals surface area contributed by atoms with Crippen LogP contribution in [-0.4, -0.2) is 208 Å². The van der Waals surface area contributed by atoms with Gasteiger partial charge < -0.3 is 47.8 Å². The lowest BCUT2D eigenvalue weighted by atomic mass is 9.82. The smallest absolute Gasteiger partial charge is 0.481 e. The van der Waals surface area contributed by atoms with Crippen LogP contribution in [0.1, 0.15) is 230 Å². The van der Waals surface area contributed by atoms with Gasteiger partial charge in [-0.05, 0) is 270 Å². The number of benzene rings is 7. The summed E-state index contributed by atoms with van der Waals surface area (Å²) in [5.74, 6) is -1.35. The van der Waals surface area contributed by atoms with E-state index in [4.69, 9.17) is 51.1 Å². The van der Waals surface area contributed by atoms with Gasteiger partial charge in [-0.15, -0.1) is 11.3 Å². The number of hydrogen-bond acceptors (Lipinski definition) is 26.